The van der Waals surface area contributed by atoms with Crippen LogP contribution < -0.4 is 10.6 Å². The molecule has 0 saturated carbocycles. The van der Waals surface area contributed by atoms with Crippen LogP contribution in [0.3, 0.4) is 0 Å². The van der Waals surface area contributed by atoms with Gasteiger partial charge in [0.15, 0.2) is 0 Å². The monoisotopic (exact) mass is 242 g/mol. The molecule has 0 aromatic carbocycles. The Kier molecular flexibility index (Phi) is 7.42. The standard InChI is InChI=1S/C12H22N2O3/c15-8-10-17-9-4-7-13-12(16)14-11-5-2-1-3-6-11/h1-2,11,15H,3-10H2,(H2,13,14,16). The maximum Gasteiger partial charge on any atom is 0.315 e. The first kappa shape index (κ1) is 14.0. The van der Waals surface area contributed by atoms with Gasteiger partial charge in [-0.15, -0.1) is 0 Å². The summed E-state index contributed by atoms with van der Waals surface area (Å²) in [4.78, 5) is 11.5. The highest BCUT2D eigenvalue weighted by Crippen LogP contribution is 2.09. The van der Waals surface area contributed by atoms with E-state index in [1.807, 2.05) is 0 Å². The number of amides is 2. The van der Waals surface area contributed by atoms with Crippen LogP contribution >= 0.6 is 0 Å². The maximum atomic E-state index is 11.5. The molecule has 0 aromatic heterocycles. The van der Waals surface area contributed by atoms with Crippen LogP contribution in [0.15, 0.2) is 12.2 Å². The normalized spacial score (nSPS) is 19.0. The summed E-state index contributed by atoms with van der Waals surface area (Å²) in [5, 5.41) is 14.2. The molecule has 0 saturated heterocycles. The van der Waals surface area contributed by atoms with Gasteiger partial charge in [-0.2, -0.15) is 0 Å². The fourth-order valence-corrected chi connectivity index (χ4v) is 1.70. The molecule has 2 amide bonds. The molecule has 0 spiro atoms. The van der Waals surface area contributed by atoms with E-state index in [1.165, 1.54) is 0 Å². The Bertz CT molecular complexity index is 244. The predicted octanol–water partition coefficient (Wildman–Crippen LogP) is 0.793. The quantitative estimate of drug-likeness (QED) is 0.456. The van der Waals surface area contributed by atoms with E-state index in [0.717, 1.165) is 25.7 Å². The molecule has 0 radical (unpaired) electrons. The highest BCUT2D eigenvalue weighted by Gasteiger charge is 2.11. The summed E-state index contributed by atoms with van der Waals surface area (Å²) in [6.07, 6.45) is 8.00. The van der Waals surface area contributed by atoms with Crippen LogP contribution in [-0.2, 0) is 4.74 Å². The first-order valence-corrected chi connectivity index (χ1v) is 6.21. The van der Waals surface area contributed by atoms with Gasteiger partial charge in [-0.25, -0.2) is 4.79 Å². The van der Waals surface area contributed by atoms with Crippen molar-refractivity contribution < 1.29 is 14.6 Å². The van der Waals surface area contributed by atoms with Gasteiger partial charge in [-0.05, 0) is 25.7 Å². The molecule has 1 aliphatic rings. The minimum atomic E-state index is -0.104. The zero-order valence-corrected chi connectivity index (χ0v) is 10.2. The number of hydrogen-bond acceptors (Lipinski definition) is 3. The second-order valence-corrected chi connectivity index (χ2v) is 4.07. The molecule has 1 atom stereocenters. The molecule has 0 aromatic rings. The number of nitrogens with one attached hydrogen (secondary N) is 2. The predicted molar refractivity (Wildman–Crippen MR) is 65.8 cm³/mol. The number of carbonyl (C=O) groups excluding carboxylic acids is 1. The molecule has 1 aliphatic carbocycles. The van der Waals surface area contributed by atoms with Gasteiger partial charge in [0, 0.05) is 19.2 Å². The van der Waals surface area contributed by atoms with Gasteiger partial charge in [0.05, 0.1) is 13.2 Å². The van der Waals surface area contributed by atoms with Crippen molar-refractivity contribution in [3.05, 3.63) is 12.2 Å². The van der Waals surface area contributed by atoms with Gasteiger partial charge in [0.1, 0.15) is 0 Å². The molecule has 0 aliphatic heterocycles. The second-order valence-electron chi connectivity index (χ2n) is 4.07. The summed E-state index contributed by atoms with van der Waals surface area (Å²) >= 11 is 0. The average Bonchev–Trinajstić information content (AvgIpc) is 2.35. The first-order valence-electron chi connectivity index (χ1n) is 6.21. The number of ether oxygens (including phenoxy) is 1. The van der Waals surface area contributed by atoms with Crippen LogP contribution in [-0.4, -0.2) is 43.5 Å². The van der Waals surface area contributed by atoms with Crippen LogP contribution in [0, 0.1) is 0 Å². The van der Waals surface area contributed by atoms with Crippen molar-refractivity contribution in [2.24, 2.45) is 0 Å². The van der Waals surface area contributed by atoms with Crippen molar-refractivity contribution in [2.75, 3.05) is 26.4 Å². The lowest BCUT2D eigenvalue weighted by atomic mass is 10.0. The molecule has 17 heavy (non-hydrogen) atoms. The van der Waals surface area contributed by atoms with Crippen molar-refractivity contribution in [1.29, 1.82) is 0 Å². The van der Waals surface area contributed by atoms with Crippen LogP contribution in [0.5, 0.6) is 0 Å². The number of urea groups is 1. The Balaban J connectivity index is 1.95. The summed E-state index contributed by atoms with van der Waals surface area (Å²) in [7, 11) is 0. The molecular formula is C12H22N2O3. The Morgan fingerprint density at radius 1 is 1.41 bits per heavy atom. The molecular weight excluding hydrogens is 220 g/mol. The molecule has 0 bridgehead atoms. The van der Waals surface area contributed by atoms with E-state index in [2.05, 4.69) is 22.8 Å². The topological polar surface area (TPSA) is 70.6 Å². The van der Waals surface area contributed by atoms with Crippen LogP contribution in [0.4, 0.5) is 4.79 Å². The van der Waals surface area contributed by atoms with Crippen molar-refractivity contribution in [2.45, 2.75) is 31.7 Å². The number of allylic oxidation sites excluding steroid dienone is 1. The Morgan fingerprint density at radius 3 is 3.00 bits per heavy atom. The zero-order valence-electron chi connectivity index (χ0n) is 10.2. The molecule has 98 valence electrons. The molecule has 0 heterocycles. The minimum Gasteiger partial charge on any atom is -0.394 e. The fraction of sp³-hybridized carbons (Fsp3) is 0.750. The van der Waals surface area contributed by atoms with Crippen molar-refractivity contribution >= 4 is 6.03 Å². The van der Waals surface area contributed by atoms with Gasteiger partial charge in [-0.1, -0.05) is 12.2 Å². The number of carbonyl (C=O) groups is 1. The maximum absolute atomic E-state index is 11.5. The van der Waals surface area contributed by atoms with Crippen LogP contribution in [0.1, 0.15) is 25.7 Å². The average molecular weight is 242 g/mol. The number of rotatable bonds is 7. The highest BCUT2D eigenvalue weighted by molar-refractivity contribution is 5.74. The van der Waals surface area contributed by atoms with E-state index < -0.39 is 0 Å². The van der Waals surface area contributed by atoms with Crippen molar-refractivity contribution in [1.82, 2.24) is 10.6 Å². The van der Waals surface area contributed by atoms with E-state index in [-0.39, 0.29) is 18.7 Å². The Labute approximate surface area is 102 Å². The Morgan fingerprint density at radius 2 is 2.29 bits per heavy atom. The summed E-state index contributed by atoms with van der Waals surface area (Å²) in [5.74, 6) is 0. The van der Waals surface area contributed by atoms with Gasteiger partial charge in [-0.3, -0.25) is 0 Å². The molecule has 1 unspecified atom stereocenters. The smallest absolute Gasteiger partial charge is 0.315 e. The fourth-order valence-electron chi connectivity index (χ4n) is 1.70. The van der Waals surface area contributed by atoms with E-state index >= 15 is 0 Å². The molecule has 5 heteroatoms. The second kappa shape index (κ2) is 9.01. The molecule has 1 rings (SSSR count). The van der Waals surface area contributed by atoms with E-state index in [0.29, 0.717) is 19.8 Å². The van der Waals surface area contributed by atoms with Gasteiger partial charge in [0.25, 0.3) is 0 Å². The molecule has 5 nitrogen and oxygen atoms in total. The minimum absolute atomic E-state index is 0.0448. The third-order valence-corrected chi connectivity index (χ3v) is 2.59. The zero-order chi connectivity index (χ0) is 12.3. The van der Waals surface area contributed by atoms with Gasteiger partial charge in [0.2, 0.25) is 0 Å². The Hall–Kier alpha value is -1.07. The SMILES string of the molecule is O=C(NCCCOCCO)NC1CC=CCC1. The number of hydrogen-bond donors (Lipinski definition) is 3. The number of aliphatic hydroxyl groups is 1. The lowest BCUT2D eigenvalue weighted by molar-refractivity contribution is 0.0909. The van der Waals surface area contributed by atoms with E-state index in [1.54, 1.807) is 0 Å². The largest absolute Gasteiger partial charge is 0.394 e. The summed E-state index contributed by atoms with van der Waals surface area (Å²) in [6.45, 7) is 1.57. The third-order valence-electron chi connectivity index (χ3n) is 2.59. The molecule has 3 N–H and O–H groups in total. The van der Waals surface area contributed by atoms with E-state index in [4.69, 9.17) is 9.84 Å². The van der Waals surface area contributed by atoms with Crippen molar-refractivity contribution in [3.63, 3.8) is 0 Å². The highest BCUT2D eigenvalue weighted by atomic mass is 16.5. The lowest BCUT2D eigenvalue weighted by Crippen LogP contribution is -2.42. The van der Waals surface area contributed by atoms with Gasteiger partial charge >= 0.3 is 6.03 Å². The lowest BCUT2D eigenvalue weighted by Gasteiger charge is -2.19. The molecule has 0 fully saturated rings. The number of aliphatic hydroxyl groups excluding tert-OH is 1. The van der Waals surface area contributed by atoms with Crippen molar-refractivity contribution in [3.8, 4) is 0 Å². The van der Waals surface area contributed by atoms with Crippen LogP contribution in [0.25, 0.3) is 0 Å². The third kappa shape index (κ3) is 6.97. The van der Waals surface area contributed by atoms with E-state index in [9.17, 15) is 4.79 Å². The summed E-state index contributed by atoms with van der Waals surface area (Å²) in [6, 6.07) is 0.165. The summed E-state index contributed by atoms with van der Waals surface area (Å²) < 4.78 is 5.08. The first-order chi connectivity index (χ1) is 8.33. The summed E-state index contributed by atoms with van der Waals surface area (Å²) in [5.41, 5.74) is 0. The van der Waals surface area contributed by atoms with Crippen LogP contribution in [0.2, 0.25) is 0 Å². The van der Waals surface area contributed by atoms with Gasteiger partial charge < -0.3 is 20.5 Å².